The summed E-state index contributed by atoms with van der Waals surface area (Å²) >= 11 is 0. The van der Waals surface area contributed by atoms with Crippen LogP contribution in [0.5, 0.6) is 0 Å². The van der Waals surface area contributed by atoms with Crippen LogP contribution in [0, 0.1) is 17.8 Å². The Balaban J connectivity index is 2.38. The molecule has 0 aromatic rings. The van der Waals surface area contributed by atoms with Gasteiger partial charge in [-0.2, -0.15) is 0 Å². The van der Waals surface area contributed by atoms with Crippen LogP contribution in [0.15, 0.2) is 0 Å². The zero-order valence-electron chi connectivity index (χ0n) is 11.1. The summed E-state index contributed by atoms with van der Waals surface area (Å²) in [7, 11) is 1.46. The Hall–Kier alpha value is -0.570. The number of nitrogens with one attached hydrogen (secondary N) is 1. The lowest BCUT2D eigenvalue weighted by atomic mass is 9.73. The van der Waals surface area contributed by atoms with E-state index in [2.05, 4.69) is 19.2 Å². The van der Waals surface area contributed by atoms with E-state index in [0.717, 1.165) is 11.8 Å². The van der Waals surface area contributed by atoms with E-state index in [4.69, 9.17) is 4.74 Å². The number of rotatable bonds is 5. The van der Waals surface area contributed by atoms with Crippen molar-refractivity contribution in [1.82, 2.24) is 5.32 Å². The van der Waals surface area contributed by atoms with Crippen molar-refractivity contribution in [2.24, 2.45) is 17.8 Å². The molecule has 3 heteroatoms. The van der Waals surface area contributed by atoms with Crippen LogP contribution in [-0.4, -0.2) is 25.2 Å². The van der Waals surface area contributed by atoms with Crippen molar-refractivity contribution in [3.63, 3.8) is 0 Å². The Bertz CT molecular complexity index is 232. The van der Waals surface area contributed by atoms with Crippen molar-refractivity contribution in [2.75, 3.05) is 7.11 Å². The van der Waals surface area contributed by atoms with Gasteiger partial charge in [0.2, 0.25) is 0 Å². The number of methoxy groups -OCH3 is 1. The number of carbonyl (C=O) groups is 1. The van der Waals surface area contributed by atoms with Gasteiger partial charge in [-0.3, -0.25) is 4.79 Å². The number of esters is 1. The van der Waals surface area contributed by atoms with Gasteiger partial charge in [0.15, 0.2) is 0 Å². The van der Waals surface area contributed by atoms with Gasteiger partial charge in [-0.05, 0) is 30.6 Å². The van der Waals surface area contributed by atoms with Gasteiger partial charge >= 0.3 is 5.97 Å². The topological polar surface area (TPSA) is 38.3 Å². The summed E-state index contributed by atoms with van der Waals surface area (Å²) in [5, 5.41) is 3.41. The molecule has 0 spiro atoms. The third-order valence-corrected chi connectivity index (χ3v) is 3.65. The molecule has 1 aliphatic rings. The van der Waals surface area contributed by atoms with E-state index in [1.165, 1.54) is 20.0 Å². The van der Waals surface area contributed by atoms with Crippen molar-refractivity contribution >= 4 is 5.97 Å². The Morgan fingerprint density at radius 2 is 1.81 bits per heavy atom. The minimum Gasteiger partial charge on any atom is -0.468 e. The fourth-order valence-corrected chi connectivity index (χ4v) is 2.26. The zero-order valence-corrected chi connectivity index (χ0v) is 11.1. The van der Waals surface area contributed by atoms with Gasteiger partial charge in [-0.1, -0.05) is 27.7 Å². The molecule has 3 nitrogen and oxygen atoms in total. The van der Waals surface area contributed by atoms with Crippen molar-refractivity contribution in [1.29, 1.82) is 0 Å². The fourth-order valence-electron chi connectivity index (χ4n) is 2.26. The Morgan fingerprint density at radius 1 is 1.25 bits per heavy atom. The van der Waals surface area contributed by atoms with E-state index in [1.807, 2.05) is 13.8 Å². The summed E-state index contributed by atoms with van der Waals surface area (Å²) in [6, 6.07) is 0.349. The van der Waals surface area contributed by atoms with E-state index in [9.17, 15) is 4.79 Å². The SMILES string of the molecule is COC(=O)C(NC1CC(C(C)C)C1)C(C)C. The first kappa shape index (κ1) is 13.5. The first-order valence-corrected chi connectivity index (χ1v) is 6.29. The molecule has 0 radical (unpaired) electrons. The lowest BCUT2D eigenvalue weighted by Gasteiger charge is -2.40. The smallest absolute Gasteiger partial charge is 0.323 e. The highest BCUT2D eigenvalue weighted by Gasteiger charge is 2.35. The molecule has 1 N–H and O–H groups in total. The maximum absolute atomic E-state index is 11.6. The largest absolute Gasteiger partial charge is 0.468 e. The Labute approximate surface area is 98.9 Å². The van der Waals surface area contributed by atoms with Crippen LogP contribution in [0.3, 0.4) is 0 Å². The van der Waals surface area contributed by atoms with Gasteiger partial charge in [0.1, 0.15) is 6.04 Å². The van der Waals surface area contributed by atoms with E-state index in [0.29, 0.717) is 6.04 Å². The molecule has 0 saturated heterocycles. The first-order chi connectivity index (χ1) is 7.45. The quantitative estimate of drug-likeness (QED) is 0.732. The van der Waals surface area contributed by atoms with Crippen LogP contribution in [0.25, 0.3) is 0 Å². The van der Waals surface area contributed by atoms with Gasteiger partial charge in [0.05, 0.1) is 7.11 Å². The maximum Gasteiger partial charge on any atom is 0.323 e. The molecule has 1 unspecified atom stereocenters. The highest BCUT2D eigenvalue weighted by atomic mass is 16.5. The molecule has 1 saturated carbocycles. The third kappa shape index (κ3) is 3.21. The van der Waals surface area contributed by atoms with E-state index < -0.39 is 0 Å². The van der Waals surface area contributed by atoms with Crippen molar-refractivity contribution in [3.8, 4) is 0 Å². The summed E-state index contributed by atoms with van der Waals surface area (Å²) in [5.41, 5.74) is 0. The normalized spacial score (nSPS) is 26.7. The monoisotopic (exact) mass is 227 g/mol. The molecule has 1 fully saturated rings. The highest BCUT2D eigenvalue weighted by molar-refractivity contribution is 5.76. The molecular formula is C13H25NO2. The zero-order chi connectivity index (χ0) is 12.3. The first-order valence-electron chi connectivity index (χ1n) is 6.29. The van der Waals surface area contributed by atoms with Gasteiger partial charge in [-0.25, -0.2) is 0 Å². The minimum absolute atomic E-state index is 0.136. The number of ether oxygens (including phenoxy) is 1. The molecule has 0 aliphatic heterocycles. The van der Waals surface area contributed by atoms with Crippen LogP contribution in [-0.2, 0) is 9.53 Å². The number of carbonyl (C=O) groups excluding carboxylic acids is 1. The predicted octanol–water partition coefficient (Wildman–Crippen LogP) is 2.21. The summed E-state index contributed by atoms with van der Waals surface area (Å²) in [6.45, 7) is 8.63. The fraction of sp³-hybridized carbons (Fsp3) is 0.923. The van der Waals surface area contributed by atoms with Crippen molar-refractivity contribution < 1.29 is 9.53 Å². The lowest BCUT2D eigenvalue weighted by Crippen LogP contribution is -2.52. The summed E-state index contributed by atoms with van der Waals surface area (Å²) in [5.74, 6) is 1.73. The third-order valence-electron chi connectivity index (χ3n) is 3.65. The standard InChI is InChI=1S/C13H25NO2/c1-8(2)10-6-11(7-10)14-12(9(3)4)13(15)16-5/h8-12,14H,6-7H2,1-5H3. The van der Waals surface area contributed by atoms with Gasteiger partial charge < -0.3 is 10.1 Å². The van der Waals surface area contributed by atoms with Gasteiger partial charge in [0, 0.05) is 6.04 Å². The molecular weight excluding hydrogens is 202 g/mol. The van der Waals surface area contributed by atoms with E-state index >= 15 is 0 Å². The van der Waals surface area contributed by atoms with Crippen LogP contribution in [0.2, 0.25) is 0 Å². The van der Waals surface area contributed by atoms with Crippen LogP contribution >= 0.6 is 0 Å². The Kier molecular flexibility index (Phi) is 4.78. The Morgan fingerprint density at radius 3 is 2.19 bits per heavy atom. The average Bonchev–Trinajstić information content (AvgIpc) is 2.13. The molecule has 1 aliphatic carbocycles. The highest BCUT2D eigenvalue weighted by Crippen LogP contribution is 2.34. The number of hydrogen-bond acceptors (Lipinski definition) is 3. The molecule has 0 heterocycles. The van der Waals surface area contributed by atoms with E-state index in [1.54, 1.807) is 0 Å². The maximum atomic E-state index is 11.6. The van der Waals surface area contributed by atoms with Crippen molar-refractivity contribution in [3.05, 3.63) is 0 Å². The molecule has 0 bridgehead atoms. The molecule has 1 rings (SSSR count). The molecule has 0 aromatic heterocycles. The number of hydrogen-bond donors (Lipinski definition) is 1. The summed E-state index contributed by atoms with van der Waals surface area (Å²) in [4.78, 5) is 11.6. The van der Waals surface area contributed by atoms with Crippen LogP contribution < -0.4 is 5.32 Å². The average molecular weight is 227 g/mol. The molecule has 16 heavy (non-hydrogen) atoms. The second kappa shape index (κ2) is 5.67. The van der Waals surface area contributed by atoms with E-state index in [-0.39, 0.29) is 17.9 Å². The second-order valence-electron chi connectivity index (χ2n) is 5.58. The molecule has 1 atom stereocenters. The van der Waals surface area contributed by atoms with Gasteiger partial charge in [-0.15, -0.1) is 0 Å². The molecule has 94 valence electrons. The lowest BCUT2D eigenvalue weighted by molar-refractivity contribution is -0.145. The van der Waals surface area contributed by atoms with Crippen molar-refractivity contribution in [2.45, 2.75) is 52.6 Å². The molecule has 0 aromatic carbocycles. The second-order valence-corrected chi connectivity index (χ2v) is 5.58. The summed E-state index contributed by atoms with van der Waals surface area (Å²) in [6.07, 6.45) is 2.38. The van der Waals surface area contributed by atoms with Crippen LogP contribution in [0.1, 0.15) is 40.5 Å². The molecule has 0 amide bonds. The minimum atomic E-state index is -0.150. The predicted molar refractivity (Wildman–Crippen MR) is 65.1 cm³/mol. The summed E-state index contributed by atoms with van der Waals surface area (Å²) < 4.78 is 4.82. The van der Waals surface area contributed by atoms with Crippen LogP contribution in [0.4, 0.5) is 0 Å². The van der Waals surface area contributed by atoms with Gasteiger partial charge in [0.25, 0.3) is 0 Å².